The van der Waals surface area contributed by atoms with Crippen LogP contribution in [-0.4, -0.2) is 17.1 Å². The molecule has 3 rings (SSSR count). The van der Waals surface area contributed by atoms with Gasteiger partial charge in [0.25, 0.3) is 11.1 Å². The van der Waals surface area contributed by atoms with Crippen LogP contribution in [0.5, 0.6) is 5.75 Å². The lowest BCUT2D eigenvalue weighted by Gasteiger charge is -2.10. The molecule has 0 unspecified atom stereocenters. The molecule has 25 heavy (non-hydrogen) atoms. The first-order valence-corrected chi connectivity index (χ1v) is 9.39. The summed E-state index contributed by atoms with van der Waals surface area (Å²) in [6, 6.07) is 5.34. The highest BCUT2D eigenvalue weighted by Crippen LogP contribution is 2.30. The smallest absolute Gasteiger partial charge is 0.311 e. The number of amides is 2. The van der Waals surface area contributed by atoms with Crippen molar-refractivity contribution in [1.29, 1.82) is 0 Å². The summed E-state index contributed by atoms with van der Waals surface area (Å²) < 4.78 is 5.47. The van der Waals surface area contributed by atoms with Crippen LogP contribution in [0, 0.1) is 12.8 Å². The van der Waals surface area contributed by atoms with E-state index in [4.69, 9.17) is 4.74 Å². The summed E-state index contributed by atoms with van der Waals surface area (Å²) in [7, 11) is 0. The molecule has 2 fully saturated rings. The molecule has 1 heterocycles. The summed E-state index contributed by atoms with van der Waals surface area (Å²) in [4.78, 5) is 35.2. The molecule has 0 spiro atoms. The fourth-order valence-electron chi connectivity index (χ4n) is 3.24. The first-order valence-electron chi connectivity index (χ1n) is 8.57. The van der Waals surface area contributed by atoms with Crippen LogP contribution >= 0.6 is 11.8 Å². The molecule has 0 atom stereocenters. The summed E-state index contributed by atoms with van der Waals surface area (Å²) >= 11 is 0.884. The molecule has 1 saturated carbocycles. The molecule has 6 heteroatoms. The molecule has 5 nitrogen and oxygen atoms in total. The molecule has 0 aromatic heterocycles. The van der Waals surface area contributed by atoms with Gasteiger partial charge in [-0.2, -0.15) is 0 Å². The van der Waals surface area contributed by atoms with Gasteiger partial charge in [0.05, 0.1) is 4.91 Å². The maximum atomic E-state index is 12.0. The van der Waals surface area contributed by atoms with Crippen LogP contribution in [0.3, 0.4) is 0 Å². The minimum atomic E-state index is -0.380. The van der Waals surface area contributed by atoms with Crippen molar-refractivity contribution < 1.29 is 19.1 Å². The van der Waals surface area contributed by atoms with Crippen LogP contribution < -0.4 is 10.1 Å². The first kappa shape index (κ1) is 17.7. The number of hydrogen-bond donors (Lipinski definition) is 1. The second-order valence-electron chi connectivity index (χ2n) is 6.54. The number of rotatable bonds is 5. The Balaban J connectivity index is 1.59. The van der Waals surface area contributed by atoms with Gasteiger partial charge in [-0.3, -0.25) is 19.7 Å². The van der Waals surface area contributed by atoms with Gasteiger partial charge in [0.2, 0.25) is 0 Å². The van der Waals surface area contributed by atoms with Gasteiger partial charge in [-0.1, -0.05) is 31.7 Å². The lowest BCUT2D eigenvalue weighted by atomic mass is 10.0. The van der Waals surface area contributed by atoms with E-state index in [1.54, 1.807) is 18.2 Å². The Kier molecular flexibility index (Phi) is 5.58. The largest absolute Gasteiger partial charge is 0.426 e. The lowest BCUT2D eigenvalue weighted by molar-refractivity contribution is -0.134. The third kappa shape index (κ3) is 4.72. The minimum Gasteiger partial charge on any atom is -0.426 e. The van der Waals surface area contributed by atoms with E-state index in [9.17, 15) is 14.4 Å². The number of hydrogen-bond acceptors (Lipinski definition) is 5. The molecule has 1 aliphatic heterocycles. The highest BCUT2D eigenvalue weighted by molar-refractivity contribution is 8.18. The van der Waals surface area contributed by atoms with Crippen LogP contribution in [0.4, 0.5) is 4.79 Å². The van der Waals surface area contributed by atoms with Crippen LogP contribution in [-0.2, 0) is 9.59 Å². The summed E-state index contributed by atoms with van der Waals surface area (Å²) in [5.41, 5.74) is 1.61. The van der Waals surface area contributed by atoms with E-state index in [1.165, 1.54) is 25.7 Å². The Hall–Kier alpha value is -2.08. The molecule has 0 radical (unpaired) electrons. The monoisotopic (exact) mass is 359 g/mol. The molecule has 132 valence electrons. The van der Waals surface area contributed by atoms with Gasteiger partial charge in [-0.25, -0.2) is 0 Å². The molecule has 1 saturated heterocycles. The standard InChI is InChI=1S/C19H21NO4S/c1-12-10-14(11-16-18(22)20-19(23)25-16)6-8-15(12)24-17(21)9-7-13-4-2-3-5-13/h6,8,10-11,13H,2-5,7,9H2,1H3,(H,20,22,23)/b16-11-. The molecule has 1 aromatic carbocycles. The third-order valence-electron chi connectivity index (χ3n) is 4.59. The molecule has 0 bridgehead atoms. The maximum absolute atomic E-state index is 12.0. The molecule has 1 N–H and O–H groups in total. The van der Waals surface area contributed by atoms with Gasteiger partial charge in [0, 0.05) is 6.42 Å². The van der Waals surface area contributed by atoms with Crippen LogP contribution in [0.2, 0.25) is 0 Å². The molecule has 1 aromatic rings. The SMILES string of the molecule is Cc1cc(/C=C2\SC(=O)NC2=O)ccc1OC(=O)CCC1CCCC1. The zero-order chi connectivity index (χ0) is 17.8. The van der Waals surface area contributed by atoms with Gasteiger partial charge in [0.1, 0.15) is 5.75 Å². The van der Waals surface area contributed by atoms with Gasteiger partial charge >= 0.3 is 5.97 Å². The molecule has 2 amide bonds. The van der Waals surface area contributed by atoms with Crippen molar-refractivity contribution in [2.45, 2.75) is 45.4 Å². The average Bonchev–Trinajstić information content (AvgIpc) is 3.18. The van der Waals surface area contributed by atoms with E-state index in [0.717, 1.165) is 29.3 Å². The Morgan fingerprint density at radius 1 is 1.32 bits per heavy atom. The molecular formula is C19H21NO4S. The zero-order valence-corrected chi connectivity index (χ0v) is 15.0. The Bertz CT molecular complexity index is 735. The Morgan fingerprint density at radius 3 is 2.72 bits per heavy atom. The lowest BCUT2D eigenvalue weighted by Crippen LogP contribution is -2.17. The number of thioether (sulfide) groups is 1. The van der Waals surface area contributed by atoms with Crippen LogP contribution in [0.25, 0.3) is 6.08 Å². The van der Waals surface area contributed by atoms with Crippen molar-refractivity contribution in [2.75, 3.05) is 0 Å². The topological polar surface area (TPSA) is 72.5 Å². The number of aryl methyl sites for hydroxylation is 1. The predicted octanol–water partition coefficient (Wildman–Crippen LogP) is 4.19. The van der Waals surface area contributed by atoms with E-state index in [-0.39, 0.29) is 17.1 Å². The fraction of sp³-hybridized carbons (Fsp3) is 0.421. The highest BCUT2D eigenvalue weighted by atomic mass is 32.2. The van der Waals surface area contributed by atoms with Gasteiger partial charge in [0.15, 0.2) is 0 Å². The van der Waals surface area contributed by atoms with Crippen LogP contribution in [0.1, 0.15) is 49.7 Å². The third-order valence-corrected chi connectivity index (χ3v) is 5.40. The summed E-state index contributed by atoms with van der Waals surface area (Å²) in [5.74, 6) is 0.631. The van der Waals surface area contributed by atoms with Crippen molar-refractivity contribution in [1.82, 2.24) is 5.32 Å². The predicted molar refractivity (Wildman–Crippen MR) is 97.1 cm³/mol. The normalized spacial score (nSPS) is 19.5. The van der Waals surface area contributed by atoms with Gasteiger partial charge in [-0.05, 0) is 60.4 Å². The quantitative estimate of drug-likeness (QED) is 0.485. The number of nitrogens with one attached hydrogen (secondary N) is 1. The average molecular weight is 359 g/mol. The van der Waals surface area contributed by atoms with E-state index in [2.05, 4.69) is 5.32 Å². The summed E-state index contributed by atoms with van der Waals surface area (Å²) in [6.45, 7) is 1.86. The van der Waals surface area contributed by atoms with Crippen molar-refractivity contribution in [3.63, 3.8) is 0 Å². The Morgan fingerprint density at radius 2 is 2.08 bits per heavy atom. The number of ether oxygens (including phenoxy) is 1. The van der Waals surface area contributed by atoms with Gasteiger partial charge < -0.3 is 4.74 Å². The number of imide groups is 1. The van der Waals surface area contributed by atoms with Gasteiger partial charge in [-0.15, -0.1) is 0 Å². The molecular weight excluding hydrogens is 338 g/mol. The number of carbonyl (C=O) groups excluding carboxylic acids is 3. The first-order chi connectivity index (χ1) is 12.0. The number of carbonyl (C=O) groups is 3. The van der Waals surface area contributed by atoms with Crippen LogP contribution in [0.15, 0.2) is 23.1 Å². The van der Waals surface area contributed by atoms with Crippen molar-refractivity contribution >= 4 is 35.0 Å². The van der Waals surface area contributed by atoms with E-state index >= 15 is 0 Å². The van der Waals surface area contributed by atoms with Crippen molar-refractivity contribution in [3.8, 4) is 5.75 Å². The summed E-state index contributed by atoms with van der Waals surface area (Å²) in [5, 5.41) is 1.86. The second kappa shape index (κ2) is 7.87. The second-order valence-corrected chi connectivity index (χ2v) is 7.56. The van der Waals surface area contributed by atoms with E-state index in [0.29, 0.717) is 23.0 Å². The highest BCUT2D eigenvalue weighted by Gasteiger charge is 2.25. The Labute approximate surface area is 151 Å². The van der Waals surface area contributed by atoms with E-state index < -0.39 is 0 Å². The van der Waals surface area contributed by atoms with Crippen molar-refractivity contribution in [2.24, 2.45) is 5.92 Å². The maximum Gasteiger partial charge on any atom is 0.311 e. The number of benzene rings is 1. The van der Waals surface area contributed by atoms with E-state index in [1.807, 2.05) is 13.0 Å². The summed E-state index contributed by atoms with van der Waals surface area (Å²) in [6.07, 6.45) is 8.02. The zero-order valence-electron chi connectivity index (χ0n) is 14.2. The fourth-order valence-corrected chi connectivity index (χ4v) is 3.93. The van der Waals surface area contributed by atoms with Crippen molar-refractivity contribution in [3.05, 3.63) is 34.2 Å². The molecule has 2 aliphatic rings. The molecule has 1 aliphatic carbocycles. The number of esters is 1. The minimum absolute atomic E-state index is 0.197.